The van der Waals surface area contributed by atoms with Crippen molar-refractivity contribution in [1.82, 2.24) is 20.2 Å². The average Bonchev–Trinajstić information content (AvgIpc) is 3.19. The van der Waals surface area contributed by atoms with Crippen LogP contribution in [0, 0.1) is 11.6 Å². The Labute approximate surface area is 196 Å². The van der Waals surface area contributed by atoms with E-state index in [9.17, 15) is 18.4 Å². The van der Waals surface area contributed by atoms with Gasteiger partial charge < -0.3 is 10.2 Å². The zero-order valence-corrected chi connectivity index (χ0v) is 19.0. The molecule has 174 valence electrons. The lowest BCUT2D eigenvalue weighted by Gasteiger charge is -2.37. The zero-order chi connectivity index (χ0) is 24.0. The minimum atomic E-state index is -0.714. The SMILES string of the molecule is CN1CCCC(C)(c2ccc(Cc3cc(-c4c(F)cccc4F)nc4c3C(=O)NC4)nc2)C1=O. The highest BCUT2D eigenvalue weighted by molar-refractivity contribution is 5.99. The predicted octanol–water partition coefficient (Wildman–Crippen LogP) is 3.77. The summed E-state index contributed by atoms with van der Waals surface area (Å²) in [6, 6.07) is 8.96. The van der Waals surface area contributed by atoms with E-state index in [2.05, 4.69) is 15.3 Å². The van der Waals surface area contributed by atoms with Crippen LogP contribution in [0.15, 0.2) is 42.6 Å². The van der Waals surface area contributed by atoms with E-state index in [1.165, 1.54) is 18.2 Å². The van der Waals surface area contributed by atoms with Gasteiger partial charge in [0.05, 0.1) is 34.5 Å². The molecule has 5 rings (SSSR count). The number of piperidine rings is 1. The topological polar surface area (TPSA) is 75.2 Å². The lowest BCUT2D eigenvalue weighted by Crippen LogP contribution is -2.48. The number of benzene rings is 1. The molecule has 8 heteroatoms. The van der Waals surface area contributed by atoms with Gasteiger partial charge in [0.1, 0.15) is 11.6 Å². The smallest absolute Gasteiger partial charge is 0.253 e. The van der Waals surface area contributed by atoms with Crippen LogP contribution < -0.4 is 5.32 Å². The van der Waals surface area contributed by atoms with Crippen LogP contribution in [0.2, 0.25) is 0 Å². The Morgan fingerprint density at radius 2 is 1.88 bits per heavy atom. The molecule has 0 bridgehead atoms. The number of nitrogens with one attached hydrogen (secondary N) is 1. The third kappa shape index (κ3) is 3.63. The van der Waals surface area contributed by atoms with Crippen LogP contribution in [0.1, 0.15) is 52.6 Å². The summed E-state index contributed by atoms with van der Waals surface area (Å²) in [5, 5.41) is 2.73. The first-order valence-corrected chi connectivity index (χ1v) is 11.2. The van der Waals surface area contributed by atoms with Crippen molar-refractivity contribution >= 4 is 11.8 Å². The van der Waals surface area contributed by atoms with E-state index in [0.717, 1.165) is 24.9 Å². The molecular weight excluding hydrogens is 438 g/mol. The second-order valence-corrected chi connectivity index (χ2v) is 9.15. The molecule has 4 heterocycles. The Balaban J connectivity index is 1.51. The number of fused-ring (bicyclic) bond motifs is 1. The van der Waals surface area contributed by atoms with E-state index in [0.29, 0.717) is 22.5 Å². The van der Waals surface area contributed by atoms with Crippen molar-refractivity contribution in [3.05, 3.63) is 82.3 Å². The van der Waals surface area contributed by atoms with Gasteiger partial charge in [-0.1, -0.05) is 12.1 Å². The number of likely N-dealkylation sites (N-methyl/N-ethyl adjacent to an activating group) is 1. The van der Waals surface area contributed by atoms with Crippen molar-refractivity contribution in [2.24, 2.45) is 0 Å². The minimum absolute atomic E-state index is 0.0773. The van der Waals surface area contributed by atoms with Crippen molar-refractivity contribution in [1.29, 1.82) is 0 Å². The second-order valence-electron chi connectivity index (χ2n) is 9.15. The molecule has 0 spiro atoms. The Bertz CT molecular complexity index is 1290. The van der Waals surface area contributed by atoms with E-state index >= 15 is 0 Å². The molecule has 34 heavy (non-hydrogen) atoms. The molecule has 2 aliphatic heterocycles. The highest BCUT2D eigenvalue weighted by atomic mass is 19.1. The first kappa shape index (κ1) is 22.1. The molecule has 1 aromatic carbocycles. The van der Waals surface area contributed by atoms with Gasteiger partial charge >= 0.3 is 0 Å². The van der Waals surface area contributed by atoms with Crippen LogP contribution in [-0.4, -0.2) is 40.3 Å². The van der Waals surface area contributed by atoms with Crippen molar-refractivity contribution in [2.75, 3.05) is 13.6 Å². The Hall–Kier alpha value is -3.68. The summed E-state index contributed by atoms with van der Waals surface area (Å²) in [4.78, 5) is 36.0. The fourth-order valence-electron chi connectivity index (χ4n) is 4.94. The molecule has 2 aliphatic rings. The van der Waals surface area contributed by atoms with Gasteiger partial charge in [0.25, 0.3) is 5.91 Å². The quantitative estimate of drug-likeness (QED) is 0.641. The summed E-state index contributed by atoms with van der Waals surface area (Å²) >= 11 is 0. The molecule has 1 saturated heterocycles. The van der Waals surface area contributed by atoms with Gasteiger partial charge in [-0.3, -0.25) is 14.6 Å². The summed E-state index contributed by atoms with van der Waals surface area (Å²) in [5.41, 5.74) is 2.30. The van der Waals surface area contributed by atoms with Crippen molar-refractivity contribution in [3.63, 3.8) is 0 Å². The van der Waals surface area contributed by atoms with Crippen LogP contribution in [0.5, 0.6) is 0 Å². The average molecular weight is 463 g/mol. The number of hydrogen-bond donors (Lipinski definition) is 1. The number of hydrogen-bond acceptors (Lipinski definition) is 4. The largest absolute Gasteiger partial charge is 0.346 e. The van der Waals surface area contributed by atoms with Crippen molar-refractivity contribution in [2.45, 2.75) is 38.1 Å². The normalized spacial score (nSPS) is 19.8. The van der Waals surface area contributed by atoms with E-state index in [-0.39, 0.29) is 36.0 Å². The predicted molar refractivity (Wildman–Crippen MR) is 122 cm³/mol. The fraction of sp³-hybridized carbons (Fsp3) is 0.308. The standard InChI is InChI=1S/C26H24F2N4O2/c1-26(9-4-10-32(2)25(26)34)16-7-8-17(29-13-16)11-15-12-20(23-18(27)5-3-6-19(23)28)31-21-14-30-24(33)22(15)21/h3,5-8,12-13H,4,9-11,14H2,1-2H3,(H,30,33). The second kappa shape index (κ2) is 8.27. The number of carbonyl (C=O) groups is 2. The molecule has 0 saturated carbocycles. The highest BCUT2D eigenvalue weighted by Gasteiger charge is 2.40. The molecule has 2 aromatic heterocycles. The van der Waals surface area contributed by atoms with Gasteiger partial charge in [0.2, 0.25) is 5.91 Å². The third-order valence-electron chi connectivity index (χ3n) is 6.86. The first-order valence-electron chi connectivity index (χ1n) is 11.2. The summed E-state index contributed by atoms with van der Waals surface area (Å²) in [7, 11) is 1.81. The molecule has 1 fully saturated rings. The van der Waals surface area contributed by atoms with E-state index in [1.807, 2.05) is 26.1 Å². The monoisotopic (exact) mass is 462 g/mol. The lowest BCUT2D eigenvalue weighted by molar-refractivity contribution is -0.138. The zero-order valence-electron chi connectivity index (χ0n) is 19.0. The summed E-state index contributed by atoms with van der Waals surface area (Å²) < 4.78 is 28.9. The molecule has 1 unspecified atom stereocenters. The van der Waals surface area contributed by atoms with Gasteiger partial charge in [0, 0.05) is 31.9 Å². The number of nitrogens with zero attached hydrogens (tertiary/aromatic N) is 3. The highest BCUT2D eigenvalue weighted by Crippen LogP contribution is 2.35. The van der Waals surface area contributed by atoms with Gasteiger partial charge in [-0.2, -0.15) is 0 Å². The lowest BCUT2D eigenvalue weighted by atomic mass is 9.76. The van der Waals surface area contributed by atoms with Crippen LogP contribution in [0.3, 0.4) is 0 Å². The number of likely N-dealkylation sites (tertiary alicyclic amines) is 1. The van der Waals surface area contributed by atoms with E-state index in [1.54, 1.807) is 17.2 Å². The maximum atomic E-state index is 14.4. The van der Waals surface area contributed by atoms with Crippen LogP contribution in [-0.2, 0) is 23.2 Å². The molecule has 2 amide bonds. The molecule has 0 radical (unpaired) electrons. The molecule has 6 nitrogen and oxygen atoms in total. The summed E-state index contributed by atoms with van der Waals surface area (Å²) in [5.74, 6) is -1.62. The van der Waals surface area contributed by atoms with E-state index in [4.69, 9.17) is 0 Å². The van der Waals surface area contributed by atoms with Crippen molar-refractivity contribution in [3.8, 4) is 11.3 Å². The Kier molecular flexibility index (Phi) is 5.38. The van der Waals surface area contributed by atoms with Crippen LogP contribution in [0.25, 0.3) is 11.3 Å². The summed E-state index contributed by atoms with van der Waals surface area (Å²) in [6.45, 7) is 2.89. The maximum Gasteiger partial charge on any atom is 0.253 e. The van der Waals surface area contributed by atoms with Crippen LogP contribution in [0.4, 0.5) is 8.78 Å². The van der Waals surface area contributed by atoms with Gasteiger partial charge in [-0.05, 0) is 55.2 Å². The van der Waals surface area contributed by atoms with Gasteiger partial charge in [0.15, 0.2) is 0 Å². The van der Waals surface area contributed by atoms with E-state index < -0.39 is 17.0 Å². The summed E-state index contributed by atoms with van der Waals surface area (Å²) in [6.07, 6.45) is 3.68. The number of halogens is 2. The molecular formula is C26H24F2N4O2. The van der Waals surface area contributed by atoms with Crippen LogP contribution >= 0.6 is 0 Å². The number of aromatic nitrogens is 2. The molecule has 1 atom stereocenters. The molecule has 3 aromatic rings. The number of carbonyl (C=O) groups excluding carboxylic acids is 2. The fourth-order valence-corrected chi connectivity index (χ4v) is 4.94. The molecule has 0 aliphatic carbocycles. The first-order chi connectivity index (χ1) is 16.3. The minimum Gasteiger partial charge on any atom is -0.346 e. The molecule has 1 N–H and O–H groups in total. The number of amides is 2. The maximum absolute atomic E-state index is 14.4. The third-order valence-corrected chi connectivity index (χ3v) is 6.86. The van der Waals surface area contributed by atoms with Crippen molar-refractivity contribution < 1.29 is 18.4 Å². The Morgan fingerprint density at radius 1 is 1.12 bits per heavy atom. The number of pyridine rings is 2. The van der Waals surface area contributed by atoms with Gasteiger partial charge in [-0.15, -0.1) is 0 Å². The van der Waals surface area contributed by atoms with Gasteiger partial charge in [-0.25, -0.2) is 13.8 Å². The number of rotatable bonds is 4. The Morgan fingerprint density at radius 3 is 2.59 bits per heavy atom.